The average molecular weight is 720 g/mol. The van der Waals surface area contributed by atoms with Crippen molar-refractivity contribution < 1.29 is 70.2 Å². The summed E-state index contributed by atoms with van der Waals surface area (Å²) in [5, 5.41) is -13.3. The Balaban J connectivity index is 1.82. The SMILES string of the molecule is Fc1cc(F)c(F)[c]([Al]([c]2ccc(F)c3c(F)c(F)c(F)cc23)[c]2c(F)c(F)c3c(F)c(F)c4c(F)c(F)c(F)c5c(F)c(F)c2c3c45)c1. The molecule has 0 atom stereocenters. The lowest BCUT2D eigenvalue weighted by atomic mass is 9.91. The topological polar surface area (TPSA) is 0 Å². The van der Waals surface area contributed by atoms with E-state index < -0.39 is 164 Å². The standard InChI is InChI=1S/C16F9.C10H3F4.C6H2F3.Al/c17-3-1-2-4-5-7(11(20)9(2)18)14(23)16(25)15(24)8(5)13(22)12(21)6(4)10(3)19;11-6-3-1-2-5-4-7(12)9(13)10(14)8(5)6;7-4-1-2-5(8)6(9)3-4;/h;1,3-4H;1,3H;. The molecule has 7 aromatic rings. The van der Waals surface area contributed by atoms with Crippen molar-refractivity contribution in [2.24, 2.45) is 0 Å². The van der Waals surface area contributed by atoms with Gasteiger partial charge in [0.1, 0.15) is 23.3 Å². The van der Waals surface area contributed by atoms with E-state index in [0.29, 0.717) is 6.07 Å². The average Bonchev–Trinajstić information content (AvgIpc) is 3.05. The third kappa shape index (κ3) is 4.21. The Hall–Kier alpha value is -4.75. The maximum Gasteiger partial charge on any atom is 0.395 e. The quantitative estimate of drug-likeness (QED) is 0.0566. The largest absolute Gasteiger partial charge is 0.395 e. The lowest BCUT2D eigenvalue weighted by Gasteiger charge is -2.24. The van der Waals surface area contributed by atoms with E-state index in [1.165, 1.54) is 0 Å². The molecule has 0 bridgehead atoms. The Bertz CT molecular complexity index is 2610. The lowest BCUT2D eigenvalue weighted by Crippen LogP contribution is -2.56. The lowest BCUT2D eigenvalue weighted by molar-refractivity contribution is 0.448. The van der Waals surface area contributed by atoms with Crippen LogP contribution >= 0.6 is 0 Å². The smallest absolute Gasteiger partial charge is 0.207 e. The van der Waals surface area contributed by atoms with Crippen LogP contribution in [0.5, 0.6) is 0 Å². The van der Waals surface area contributed by atoms with E-state index in [-0.39, 0.29) is 24.3 Å². The van der Waals surface area contributed by atoms with Crippen LogP contribution in [-0.4, -0.2) is 14.1 Å². The summed E-state index contributed by atoms with van der Waals surface area (Å²) in [4.78, 5) is 0. The molecule has 0 aliphatic rings. The molecule has 7 aromatic carbocycles. The first-order valence-electron chi connectivity index (χ1n) is 13.3. The molecule has 0 heterocycles. The van der Waals surface area contributed by atoms with Crippen molar-refractivity contribution in [2.45, 2.75) is 0 Å². The minimum absolute atomic E-state index is 0.0590. The predicted octanol–water partition coefficient (Wildman–Crippen LogP) is 8.48. The van der Waals surface area contributed by atoms with E-state index in [1.807, 2.05) is 0 Å². The Labute approximate surface area is 264 Å². The molecule has 0 fully saturated rings. The molecular formula is C32H5AlF16. The number of halogens is 16. The second-order valence-corrected chi connectivity index (χ2v) is 13.4. The van der Waals surface area contributed by atoms with Gasteiger partial charge in [0, 0.05) is 22.2 Å². The number of rotatable bonds is 3. The first-order chi connectivity index (χ1) is 23.0. The monoisotopic (exact) mass is 720 g/mol. The molecule has 7 rings (SSSR count). The van der Waals surface area contributed by atoms with E-state index in [0.717, 1.165) is 0 Å². The van der Waals surface area contributed by atoms with Gasteiger partial charge in [0.05, 0.1) is 21.5 Å². The van der Waals surface area contributed by atoms with Gasteiger partial charge in [-0.1, -0.05) is 19.3 Å². The number of hydrogen-bond acceptors (Lipinski definition) is 0. The van der Waals surface area contributed by atoms with Crippen LogP contribution in [0.15, 0.2) is 30.3 Å². The number of fused-ring (bicyclic) bond motifs is 1. The van der Waals surface area contributed by atoms with Crippen molar-refractivity contribution in [1.29, 1.82) is 0 Å². The molecule has 0 N–H and O–H groups in total. The van der Waals surface area contributed by atoms with E-state index in [2.05, 4.69) is 0 Å². The van der Waals surface area contributed by atoms with E-state index in [1.54, 1.807) is 0 Å². The molecular weight excluding hydrogens is 715 g/mol. The summed E-state index contributed by atoms with van der Waals surface area (Å²) in [5.41, 5.74) is 0. The first kappa shape index (κ1) is 32.8. The molecule has 0 spiro atoms. The normalized spacial score (nSPS) is 12.1. The molecule has 0 saturated carbocycles. The summed E-state index contributed by atoms with van der Waals surface area (Å²) in [6.45, 7) is 0. The molecule has 248 valence electrons. The molecule has 0 aromatic heterocycles. The Morgan fingerprint density at radius 3 is 1.33 bits per heavy atom. The van der Waals surface area contributed by atoms with Crippen molar-refractivity contribution >= 4 is 70.5 Å². The third-order valence-electron chi connectivity index (χ3n) is 8.31. The van der Waals surface area contributed by atoms with Crippen LogP contribution in [0.3, 0.4) is 0 Å². The molecule has 49 heavy (non-hydrogen) atoms. The molecule has 0 radical (unpaired) electrons. The fourth-order valence-corrected chi connectivity index (χ4v) is 9.77. The van der Waals surface area contributed by atoms with Crippen molar-refractivity contribution in [3.8, 4) is 0 Å². The van der Waals surface area contributed by atoms with Gasteiger partial charge in [-0.15, -0.1) is 0 Å². The molecule has 0 unspecified atom stereocenters. The van der Waals surface area contributed by atoms with Gasteiger partial charge >= 0.3 is 14.1 Å². The maximum atomic E-state index is 16.3. The molecule has 0 aliphatic heterocycles. The van der Waals surface area contributed by atoms with Gasteiger partial charge in [-0.3, -0.25) is 0 Å². The minimum atomic E-state index is -5.05. The summed E-state index contributed by atoms with van der Waals surface area (Å²) < 4.78 is 238. The van der Waals surface area contributed by atoms with Gasteiger partial charge in [-0.05, 0) is 23.6 Å². The zero-order valence-corrected chi connectivity index (χ0v) is 24.2. The Kier molecular flexibility index (Phi) is 7.28. The second-order valence-electron chi connectivity index (χ2n) is 10.8. The van der Waals surface area contributed by atoms with Gasteiger partial charge in [-0.2, -0.15) is 0 Å². The van der Waals surface area contributed by atoms with Gasteiger partial charge in [0.2, 0.25) is 0 Å². The van der Waals surface area contributed by atoms with E-state index in [4.69, 9.17) is 0 Å². The molecule has 0 nitrogen and oxygen atoms in total. The number of benzene rings is 7. The first-order valence-corrected chi connectivity index (χ1v) is 15.0. The van der Waals surface area contributed by atoms with Crippen LogP contribution in [0.25, 0.3) is 43.1 Å². The zero-order chi connectivity index (χ0) is 35.7. The van der Waals surface area contributed by atoms with Crippen molar-refractivity contribution in [3.63, 3.8) is 0 Å². The van der Waals surface area contributed by atoms with Crippen molar-refractivity contribution in [2.75, 3.05) is 0 Å². The molecule has 0 aliphatic carbocycles. The van der Waals surface area contributed by atoms with Gasteiger partial charge in [0.15, 0.2) is 69.8 Å². The van der Waals surface area contributed by atoms with Crippen molar-refractivity contribution in [3.05, 3.63) is 123 Å². The molecule has 0 amide bonds. The highest BCUT2D eigenvalue weighted by Gasteiger charge is 2.42. The van der Waals surface area contributed by atoms with Gasteiger partial charge in [-0.25, -0.2) is 70.2 Å². The highest BCUT2D eigenvalue weighted by Crippen LogP contribution is 2.44. The van der Waals surface area contributed by atoms with Crippen molar-refractivity contribution in [1.82, 2.24) is 0 Å². The summed E-state index contributed by atoms with van der Waals surface area (Å²) in [7, 11) is 0. The summed E-state index contributed by atoms with van der Waals surface area (Å²) in [6, 6.07) is 0.867. The highest BCUT2D eigenvalue weighted by atomic mass is 27.2. The van der Waals surface area contributed by atoms with Crippen LogP contribution in [0.1, 0.15) is 0 Å². The van der Waals surface area contributed by atoms with Crippen LogP contribution in [0.4, 0.5) is 70.2 Å². The Morgan fingerprint density at radius 1 is 0.306 bits per heavy atom. The fourth-order valence-electron chi connectivity index (χ4n) is 6.33. The maximum absolute atomic E-state index is 16.3. The highest BCUT2D eigenvalue weighted by molar-refractivity contribution is 6.98. The zero-order valence-electron chi connectivity index (χ0n) is 23.0. The van der Waals surface area contributed by atoms with Crippen LogP contribution in [0, 0.1) is 93.1 Å². The fraction of sp³-hybridized carbons (Fsp3) is 0. The molecule has 17 heteroatoms. The third-order valence-corrected chi connectivity index (χ3v) is 11.6. The summed E-state index contributed by atoms with van der Waals surface area (Å²) >= 11 is -5.05. The Morgan fingerprint density at radius 2 is 0.755 bits per heavy atom. The van der Waals surface area contributed by atoms with E-state index >= 15 is 30.7 Å². The van der Waals surface area contributed by atoms with Gasteiger partial charge in [0.25, 0.3) is 0 Å². The number of hydrogen-bond donors (Lipinski definition) is 0. The minimum Gasteiger partial charge on any atom is -0.207 e. The summed E-state index contributed by atoms with van der Waals surface area (Å²) in [5.74, 6) is -37.0. The van der Waals surface area contributed by atoms with Crippen LogP contribution in [-0.2, 0) is 0 Å². The van der Waals surface area contributed by atoms with E-state index in [9.17, 15) is 39.5 Å². The predicted molar refractivity (Wildman–Crippen MR) is 145 cm³/mol. The summed E-state index contributed by atoms with van der Waals surface area (Å²) in [6.07, 6.45) is 0. The molecule has 0 saturated heterocycles. The van der Waals surface area contributed by atoms with Gasteiger partial charge < -0.3 is 0 Å². The van der Waals surface area contributed by atoms with Crippen LogP contribution < -0.4 is 13.3 Å². The second kappa shape index (κ2) is 10.9. The van der Waals surface area contributed by atoms with Crippen LogP contribution in [0.2, 0.25) is 0 Å².